The molecule has 6 heteroatoms. The number of aliphatic carboxylic acids is 1. The molecule has 1 heterocycles. The largest absolute Gasteiger partial charge is 0.480 e. The van der Waals surface area contributed by atoms with Crippen LogP contribution in [0.4, 0.5) is 0 Å². The van der Waals surface area contributed by atoms with Crippen LogP contribution in [0.15, 0.2) is 24.3 Å². The molecule has 2 aliphatic rings. The van der Waals surface area contributed by atoms with Gasteiger partial charge in [0.05, 0.1) is 11.1 Å². The lowest BCUT2D eigenvalue weighted by Gasteiger charge is -2.35. The fraction of sp³-hybridized carbons (Fsp3) is 0.550. The average molecular weight is 358 g/mol. The normalized spacial score (nSPS) is 23.8. The Kier molecular flexibility index (Phi) is 5.71. The third-order valence-electron chi connectivity index (χ3n) is 5.47. The number of nitrogens with zero attached hydrogens (tertiary/aromatic N) is 1. The van der Waals surface area contributed by atoms with Crippen LogP contribution in [0.5, 0.6) is 0 Å². The molecule has 0 saturated heterocycles. The highest BCUT2D eigenvalue weighted by Crippen LogP contribution is 2.31. The van der Waals surface area contributed by atoms with Gasteiger partial charge in [-0.05, 0) is 44.2 Å². The molecule has 1 aliphatic heterocycles. The van der Waals surface area contributed by atoms with Crippen LogP contribution in [-0.4, -0.2) is 45.9 Å². The van der Waals surface area contributed by atoms with Crippen molar-refractivity contribution in [3.05, 3.63) is 35.4 Å². The minimum Gasteiger partial charge on any atom is -0.480 e. The van der Waals surface area contributed by atoms with Gasteiger partial charge in [0.2, 0.25) is 0 Å². The second kappa shape index (κ2) is 7.99. The van der Waals surface area contributed by atoms with Crippen molar-refractivity contribution in [3.8, 4) is 0 Å². The Hall–Kier alpha value is -2.21. The molecule has 2 amide bonds. The Labute approximate surface area is 153 Å². The quantitative estimate of drug-likeness (QED) is 0.732. The molecule has 1 aromatic carbocycles. The highest BCUT2D eigenvalue weighted by Gasteiger charge is 2.41. The summed E-state index contributed by atoms with van der Waals surface area (Å²) in [5.74, 6) is -1.21. The minimum atomic E-state index is -0.805. The van der Waals surface area contributed by atoms with E-state index in [1.807, 2.05) is 6.92 Å². The maximum atomic E-state index is 12.6. The molecule has 1 aliphatic carbocycles. The lowest BCUT2D eigenvalue weighted by Crippen LogP contribution is -2.48. The first-order valence-electron chi connectivity index (χ1n) is 9.48. The second-order valence-electron chi connectivity index (χ2n) is 7.23. The van der Waals surface area contributed by atoms with Crippen molar-refractivity contribution >= 4 is 17.8 Å². The molecule has 0 spiro atoms. The lowest BCUT2D eigenvalue weighted by atomic mass is 9.89. The fourth-order valence-electron chi connectivity index (χ4n) is 4.01. The molecule has 140 valence electrons. The topological polar surface area (TPSA) is 86.7 Å². The van der Waals surface area contributed by atoms with Crippen LogP contribution in [0, 0.1) is 0 Å². The Balaban J connectivity index is 1.58. The van der Waals surface area contributed by atoms with Gasteiger partial charge in [0.1, 0.15) is 6.04 Å². The SMILES string of the molecule is CCCC[C@H](NC1CCC(N2C(=O)c3ccccc3C2=O)CC1)C(=O)O. The zero-order valence-corrected chi connectivity index (χ0v) is 15.1. The fourth-order valence-corrected chi connectivity index (χ4v) is 4.01. The summed E-state index contributed by atoms with van der Waals surface area (Å²) in [5.41, 5.74) is 0.978. The van der Waals surface area contributed by atoms with Crippen LogP contribution in [-0.2, 0) is 4.79 Å². The van der Waals surface area contributed by atoms with E-state index in [1.54, 1.807) is 24.3 Å². The molecule has 26 heavy (non-hydrogen) atoms. The predicted molar refractivity (Wildman–Crippen MR) is 97.1 cm³/mol. The van der Waals surface area contributed by atoms with Crippen LogP contribution >= 0.6 is 0 Å². The molecule has 1 fully saturated rings. The van der Waals surface area contributed by atoms with E-state index < -0.39 is 12.0 Å². The zero-order valence-electron chi connectivity index (χ0n) is 15.1. The van der Waals surface area contributed by atoms with Gasteiger partial charge < -0.3 is 10.4 Å². The van der Waals surface area contributed by atoms with Gasteiger partial charge in [-0.3, -0.25) is 19.3 Å². The van der Waals surface area contributed by atoms with E-state index in [0.717, 1.165) is 25.7 Å². The van der Waals surface area contributed by atoms with Gasteiger partial charge >= 0.3 is 5.97 Å². The van der Waals surface area contributed by atoms with E-state index in [-0.39, 0.29) is 23.9 Å². The van der Waals surface area contributed by atoms with Crippen molar-refractivity contribution < 1.29 is 19.5 Å². The predicted octanol–water partition coefficient (Wildman–Crippen LogP) is 2.83. The smallest absolute Gasteiger partial charge is 0.320 e. The van der Waals surface area contributed by atoms with Crippen LogP contribution in [0.1, 0.15) is 72.6 Å². The first kappa shape index (κ1) is 18.6. The number of carboxylic acid groups (broad SMARTS) is 1. The summed E-state index contributed by atoms with van der Waals surface area (Å²) >= 11 is 0. The number of unbranched alkanes of at least 4 members (excludes halogenated alkanes) is 1. The van der Waals surface area contributed by atoms with Crippen LogP contribution in [0.3, 0.4) is 0 Å². The summed E-state index contributed by atoms with van der Waals surface area (Å²) in [7, 11) is 0. The summed E-state index contributed by atoms with van der Waals surface area (Å²) in [4.78, 5) is 38.0. The molecule has 1 atom stereocenters. The number of rotatable bonds is 7. The number of benzene rings is 1. The van der Waals surface area contributed by atoms with Crippen molar-refractivity contribution in [1.82, 2.24) is 10.2 Å². The minimum absolute atomic E-state index is 0.0978. The number of carbonyl (C=O) groups is 3. The number of imide groups is 1. The third kappa shape index (κ3) is 3.65. The van der Waals surface area contributed by atoms with Crippen LogP contribution in [0.2, 0.25) is 0 Å². The van der Waals surface area contributed by atoms with Gasteiger partial charge in [0, 0.05) is 12.1 Å². The Morgan fingerprint density at radius 1 is 1.15 bits per heavy atom. The van der Waals surface area contributed by atoms with Gasteiger partial charge in [0.15, 0.2) is 0 Å². The van der Waals surface area contributed by atoms with Gasteiger partial charge in [-0.15, -0.1) is 0 Å². The number of hydrogen-bond donors (Lipinski definition) is 2. The summed E-state index contributed by atoms with van der Waals surface area (Å²) in [6, 6.07) is 6.46. The van der Waals surface area contributed by atoms with Gasteiger partial charge in [-0.25, -0.2) is 0 Å². The van der Waals surface area contributed by atoms with E-state index in [1.165, 1.54) is 4.90 Å². The molecule has 0 aromatic heterocycles. The van der Waals surface area contributed by atoms with E-state index in [9.17, 15) is 19.5 Å². The van der Waals surface area contributed by atoms with Crippen LogP contribution < -0.4 is 5.32 Å². The maximum Gasteiger partial charge on any atom is 0.320 e. The molecule has 1 aromatic rings. The number of carboxylic acids is 1. The van der Waals surface area contributed by atoms with E-state index in [0.29, 0.717) is 30.4 Å². The maximum absolute atomic E-state index is 12.6. The van der Waals surface area contributed by atoms with E-state index >= 15 is 0 Å². The number of hydrogen-bond acceptors (Lipinski definition) is 4. The van der Waals surface area contributed by atoms with Crippen LogP contribution in [0.25, 0.3) is 0 Å². The average Bonchev–Trinajstić information content (AvgIpc) is 2.90. The first-order chi connectivity index (χ1) is 12.5. The van der Waals surface area contributed by atoms with Gasteiger partial charge in [0.25, 0.3) is 11.8 Å². The van der Waals surface area contributed by atoms with Crippen molar-refractivity contribution in [2.45, 2.75) is 70.0 Å². The summed E-state index contributed by atoms with van der Waals surface area (Å²) in [6.07, 6.45) is 5.45. The molecule has 3 rings (SSSR count). The van der Waals surface area contributed by atoms with E-state index in [2.05, 4.69) is 5.32 Å². The zero-order chi connectivity index (χ0) is 18.7. The van der Waals surface area contributed by atoms with Gasteiger partial charge in [-0.1, -0.05) is 31.9 Å². The van der Waals surface area contributed by atoms with Crippen molar-refractivity contribution in [2.24, 2.45) is 0 Å². The molecule has 6 nitrogen and oxygen atoms in total. The number of fused-ring (bicyclic) bond motifs is 1. The third-order valence-corrected chi connectivity index (χ3v) is 5.47. The monoisotopic (exact) mass is 358 g/mol. The molecule has 1 saturated carbocycles. The lowest BCUT2D eigenvalue weighted by molar-refractivity contribution is -0.140. The molecular formula is C20H26N2O4. The summed E-state index contributed by atoms with van der Waals surface area (Å²) in [5, 5.41) is 12.6. The second-order valence-corrected chi connectivity index (χ2v) is 7.23. The number of carbonyl (C=O) groups excluding carboxylic acids is 2. The Morgan fingerprint density at radius 3 is 2.23 bits per heavy atom. The highest BCUT2D eigenvalue weighted by atomic mass is 16.4. The van der Waals surface area contributed by atoms with Crippen molar-refractivity contribution in [1.29, 1.82) is 0 Å². The summed E-state index contributed by atoms with van der Waals surface area (Å²) < 4.78 is 0. The Bertz CT molecular complexity index is 660. The van der Waals surface area contributed by atoms with Crippen molar-refractivity contribution in [2.75, 3.05) is 0 Å². The van der Waals surface area contributed by atoms with Gasteiger partial charge in [-0.2, -0.15) is 0 Å². The number of nitrogens with one attached hydrogen (secondary N) is 1. The summed E-state index contributed by atoms with van der Waals surface area (Å²) in [6.45, 7) is 2.05. The van der Waals surface area contributed by atoms with Crippen molar-refractivity contribution in [3.63, 3.8) is 0 Å². The molecule has 0 radical (unpaired) electrons. The Morgan fingerprint density at radius 2 is 1.73 bits per heavy atom. The molecule has 0 bridgehead atoms. The molecular weight excluding hydrogens is 332 g/mol. The van der Waals surface area contributed by atoms with E-state index in [4.69, 9.17) is 0 Å². The molecule has 0 unspecified atom stereocenters. The highest BCUT2D eigenvalue weighted by molar-refractivity contribution is 6.21. The first-order valence-corrected chi connectivity index (χ1v) is 9.48. The standard InChI is InChI=1S/C20H26N2O4/c1-2-3-8-17(20(25)26)21-13-9-11-14(12-10-13)22-18(23)15-6-4-5-7-16(15)19(22)24/h4-7,13-14,17,21H,2-3,8-12H2,1H3,(H,25,26)/t13?,14?,17-/m0/s1. The molecule has 2 N–H and O–H groups in total. The number of amides is 2.